The maximum absolute atomic E-state index is 13.0. The molecule has 2 aromatic rings. The Bertz CT molecular complexity index is 675. The van der Waals surface area contributed by atoms with Crippen molar-refractivity contribution in [3.05, 3.63) is 71.5 Å². The summed E-state index contributed by atoms with van der Waals surface area (Å²) in [6.45, 7) is 4.59. The first kappa shape index (κ1) is 17.4. The maximum atomic E-state index is 13.0. The van der Waals surface area contributed by atoms with Crippen LogP contribution in [0.5, 0.6) is 0 Å². The van der Waals surface area contributed by atoms with Crippen molar-refractivity contribution in [3.63, 3.8) is 0 Å². The van der Waals surface area contributed by atoms with Gasteiger partial charge in [-0.1, -0.05) is 42.5 Å². The number of rotatable bonds is 4. The molecular weight excluding hydrogens is 317 g/mol. The van der Waals surface area contributed by atoms with Crippen molar-refractivity contribution in [2.75, 3.05) is 26.2 Å². The fourth-order valence-electron chi connectivity index (χ4n) is 3.07. The first-order chi connectivity index (χ1) is 12.2. The van der Waals surface area contributed by atoms with E-state index in [0.29, 0.717) is 13.1 Å². The number of carbonyl (C=O) groups is 1. The zero-order chi connectivity index (χ0) is 17.5. The van der Waals surface area contributed by atoms with Crippen LogP contribution >= 0.6 is 0 Å². The van der Waals surface area contributed by atoms with Crippen LogP contribution in [0, 0.1) is 5.82 Å². The summed E-state index contributed by atoms with van der Waals surface area (Å²) in [5, 5.41) is 2.99. The lowest BCUT2D eigenvalue weighted by Crippen LogP contribution is -2.41. The Labute approximate surface area is 148 Å². The lowest BCUT2D eigenvalue weighted by atomic mass is 10.2. The van der Waals surface area contributed by atoms with Gasteiger partial charge in [-0.3, -0.25) is 4.90 Å². The fourth-order valence-corrected chi connectivity index (χ4v) is 3.07. The Morgan fingerprint density at radius 2 is 1.68 bits per heavy atom. The molecule has 132 valence electrons. The van der Waals surface area contributed by atoms with Gasteiger partial charge in [0.1, 0.15) is 5.82 Å². The second kappa shape index (κ2) is 8.62. The van der Waals surface area contributed by atoms with Crippen molar-refractivity contribution in [1.29, 1.82) is 0 Å². The molecule has 1 aliphatic rings. The summed E-state index contributed by atoms with van der Waals surface area (Å²) >= 11 is 0. The summed E-state index contributed by atoms with van der Waals surface area (Å²) in [5.41, 5.74) is 2.20. The molecule has 2 amide bonds. The average Bonchev–Trinajstić information content (AvgIpc) is 2.88. The largest absolute Gasteiger partial charge is 0.334 e. The van der Waals surface area contributed by atoms with E-state index in [1.165, 1.54) is 12.1 Å². The Balaban J connectivity index is 1.47. The van der Waals surface area contributed by atoms with Crippen molar-refractivity contribution in [1.82, 2.24) is 15.1 Å². The molecule has 5 heteroatoms. The van der Waals surface area contributed by atoms with E-state index in [4.69, 9.17) is 0 Å². The smallest absolute Gasteiger partial charge is 0.317 e. The topological polar surface area (TPSA) is 35.6 Å². The number of nitrogens with zero attached hydrogens (tertiary/aromatic N) is 2. The highest BCUT2D eigenvalue weighted by molar-refractivity contribution is 5.74. The summed E-state index contributed by atoms with van der Waals surface area (Å²) in [6.07, 6.45) is 0.944. The predicted octanol–water partition coefficient (Wildman–Crippen LogP) is 3.24. The van der Waals surface area contributed by atoms with Crippen LogP contribution in [0.25, 0.3) is 0 Å². The van der Waals surface area contributed by atoms with E-state index >= 15 is 0 Å². The summed E-state index contributed by atoms with van der Waals surface area (Å²) < 4.78 is 13.0. The van der Waals surface area contributed by atoms with Crippen molar-refractivity contribution in [2.45, 2.75) is 19.5 Å². The van der Waals surface area contributed by atoms with Gasteiger partial charge in [-0.2, -0.15) is 0 Å². The molecule has 1 heterocycles. The Morgan fingerprint density at radius 1 is 0.920 bits per heavy atom. The number of nitrogens with one attached hydrogen (secondary N) is 1. The van der Waals surface area contributed by atoms with E-state index in [9.17, 15) is 9.18 Å². The molecule has 25 heavy (non-hydrogen) atoms. The van der Waals surface area contributed by atoms with Gasteiger partial charge in [0.15, 0.2) is 0 Å². The normalized spacial score (nSPS) is 15.6. The summed E-state index contributed by atoms with van der Waals surface area (Å²) in [5.74, 6) is -0.208. The number of hydrogen-bond donors (Lipinski definition) is 1. The molecule has 1 N–H and O–H groups in total. The minimum atomic E-state index is -0.208. The van der Waals surface area contributed by atoms with Gasteiger partial charge < -0.3 is 10.2 Å². The maximum Gasteiger partial charge on any atom is 0.317 e. The first-order valence-electron chi connectivity index (χ1n) is 8.74. The van der Waals surface area contributed by atoms with Gasteiger partial charge >= 0.3 is 6.03 Å². The van der Waals surface area contributed by atoms with E-state index in [1.807, 2.05) is 47.4 Å². The monoisotopic (exact) mass is 341 g/mol. The molecule has 1 fully saturated rings. The van der Waals surface area contributed by atoms with Gasteiger partial charge in [0.05, 0.1) is 0 Å². The molecule has 0 atom stereocenters. The summed E-state index contributed by atoms with van der Waals surface area (Å²) in [4.78, 5) is 16.6. The molecule has 2 aromatic carbocycles. The molecule has 0 spiro atoms. The molecule has 3 rings (SSSR count). The lowest BCUT2D eigenvalue weighted by Gasteiger charge is -2.22. The molecule has 1 aliphatic heterocycles. The molecule has 0 radical (unpaired) electrons. The van der Waals surface area contributed by atoms with Crippen LogP contribution in [0.3, 0.4) is 0 Å². The van der Waals surface area contributed by atoms with Crippen LogP contribution in [-0.2, 0) is 13.1 Å². The van der Waals surface area contributed by atoms with E-state index in [1.54, 1.807) is 0 Å². The Hall–Kier alpha value is -2.40. The highest BCUT2D eigenvalue weighted by Crippen LogP contribution is 2.10. The molecule has 1 saturated heterocycles. The fraction of sp³-hybridized carbons (Fsp3) is 0.350. The van der Waals surface area contributed by atoms with Crippen molar-refractivity contribution < 1.29 is 9.18 Å². The third kappa shape index (κ3) is 5.29. The third-order valence-corrected chi connectivity index (χ3v) is 4.48. The van der Waals surface area contributed by atoms with E-state index in [-0.39, 0.29) is 11.8 Å². The molecule has 0 aromatic heterocycles. The number of hydrogen-bond acceptors (Lipinski definition) is 2. The second-order valence-electron chi connectivity index (χ2n) is 6.39. The highest BCUT2D eigenvalue weighted by atomic mass is 19.1. The number of amides is 2. The van der Waals surface area contributed by atoms with Gasteiger partial charge in [-0.05, 0) is 29.7 Å². The van der Waals surface area contributed by atoms with Gasteiger partial charge in [0, 0.05) is 39.3 Å². The van der Waals surface area contributed by atoms with Crippen LogP contribution < -0.4 is 5.32 Å². The minimum absolute atomic E-state index is 0.00696. The molecule has 0 aliphatic carbocycles. The summed E-state index contributed by atoms with van der Waals surface area (Å²) in [7, 11) is 0. The predicted molar refractivity (Wildman–Crippen MR) is 96.5 cm³/mol. The minimum Gasteiger partial charge on any atom is -0.334 e. The average molecular weight is 341 g/mol. The van der Waals surface area contributed by atoms with Crippen molar-refractivity contribution >= 4 is 6.03 Å². The van der Waals surface area contributed by atoms with Gasteiger partial charge in [-0.25, -0.2) is 9.18 Å². The molecule has 0 unspecified atom stereocenters. The van der Waals surface area contributed by atoms with Crippen LogP contribution in [-0.4, -0.2) is 42.0 Å². The van der Waals surface area contributed by atoms with Crippen LogP contribution in [0.1, 0.15) is 17.5 Å². The number of urea groups is 1. The van der Waals surface area contributed by atoms with E-state index in [0.717, 1.165) is 43.7 Å². The van der Waals surface area contributed by atoms with Crippen LogP contribution in [0.2, 0.25) is 0 Å². The van der Waals surface area contributed by atoms with Crippen LogP contribution in [0.15, 0.2) is 54.6 Å². The molecule has 0 bridgehead atoms. The van der Waals surface area contributed by atoms with E-state index < -0.39 is 0 Å². The second-order valence-corrected chi connectivity index (χ2v) is 6.39. The zero-order valence-corrected chi connectivity index (χ0v) is 14.3. The van der Waals surface area contributed by atoms with Crippen molar-refractivity contribution in [2.24, 2.45) is 0 Å². The summed E-state index contributed by atoms with van der Waals surface area (Å²) in [6, 6.07) is 16.6. The quantitative estimate of drug-likeness (QED) is 0.927. The Morgan fingerprint density at radius 3 is 2.44 bits per heavy atom. The van der Waals surface area contributed by atoms with Gasteiger partial charge in [0.25, 0.3) is 0 Å². The SMILES string of the molecule is O=C(NCc1ccccc1)N1CCCN(Cc2ccc(F)cc2)CC1. The molecular formula is C20H24FN3O. The van der Waals surface area contributed by atoms with Crippen molar-refractivity contribution in [3.8, 4) is 0 Å². The number of halogens is 1. The number of carbonyl (C=O) groups excluding carboxylic acids is 1. The van der Waals surface area contributed by atoms with Crippen LogP contribution in [0.4, 0.5) is 9.18 Å². The molecule has 4 nitrogen and oxygen atoms in total. The lowest BCUT2D eigenvalue weighted by molar-refractivity contribution is 0.197. The highest BCUT2D eigenvalue weighted by Gasteiger charge is 2.18. The first-order valence-corrected chi connectivity index (χ1v) is 8.74. The zero-order valence-electron chi connectivity index (χ0n) is 14.3. The van der Waals surface area contributed by atoms with Gasteiger partial charge in [-0.15, -0.1) is 0 Å². The van der Waals surface area contributed by atoms with E-state index in [2.05, 4.69) is 10.2 Å². The van der Waals surface area contributed by atoms with Gasteiger partial charge in [0.2, 0.25) is 0 Å². The molecule has 0 saturated carbocycles. The third-order valence-electron chi connectivity index (χ3n) is 4.48. The number of benzene rings is 2. The Kier molecular flexibility index (Phi) is 6.01. The standard InChI is InChI=1S/C20H24FN3O/c21-19-9-7-18(8-10-19)16-23-11-4-12-24(14-13-23)20(25)22-15-17-5-2-1-3-6-17/h1-3,5-10H,4,11-16H2,(H,22,25).